The molecule has 0 aliphatic heterocycles. The van der Waals surface area contributed by atoms with Gasteiger partial charge in [-0.1, -0.05) is 79.7 Å². The monoisotopic (exact) mass is 433 g/mol. The molecule has 0 aliphatic carbocycles. The first-order valence-corrected chi connectivity index (χ1v) is 11.4. The van der Waals surface area contributed by atoms with Gasteiger partial charge in [0, 0.05) is 18.0 Å². The molecule has 2 aromatic heterocycles. The van der Waals surface area contributed by atoms with Crippen molar-refractivity contribution < 1.29 is 9.47 Å². The number of hydrogen-bond donors (Lipinski definition) is 0. The number of aryl methyl sites for hydroxylation is 1. The predicted octanol–water partition coefficient (Wildman–Crippen LogP) is 7.33. The van der Waals surface area contributed by atoms with Gasteiger partial charge in [-0.15, -0.1) is 0 Å². The fourth-order valence-electron chi connectivity index (χ4n) is 4.19. The number of benzene rings is 3. The molecule has 5 rings (SSSR count). The van der Waals surface area contributed by atoms with Crippen molar-refractivity contribution in [2.45, 2.75) is 26.6 Å². The molecule has 33 heavy (non-hydrogen) atoms. The summed E-state index contributed by atoms with van der Waals surface area (Å²) in [6, 6.07) is 33.0. The fourth-order valence-corrected chi connectivity index (χ4v) is 4.19. The molecule has 3 nitrogen and oxygen atoms in total. The van der Waals surface area contributed by atoms with Crippen LogP contribution in [0.4, 0.5) is 0 Å². The zero-order chi connectivity index (χ0) is 22.5. The molecule has 0 amide bonds. The molecule has 0 saturated carbocycles. The van der Waals surface area contributed by atoms with E-state index >= 15 is 0 Å². The van der Waals surface area contributed by atoms with Gasteiger partial charge in [0.15, 0.2) is 0 Å². The smallest absolute Gasteiger partial charge is 0.144 e. The Labute approximate surface area is 194 Å². The Morgan fingerprint density at radius 3 is 1.94 bits per heavy atom. The highest BCUT2D eigenvalue weighted by Gasteiger charge is 2.15. The number of fused-ring (bicyclic) bond motifs is 1. The van der Waals surface area contributed by atoms with E-state index in [4.69, 9.17) is 9.47 Å². The van der Waals surface area contributed by atoms with E-state index in [1.807, 2.05) is 54.6 Å². The van der Waals surface area contributed by atoms with Crippen LogP contribution < -0.4 is 9.47 Å². The molecule has 3 aromatic carbocycles. The molecule has 0 unspecified atom stereocenters. The van der Waals surface area contributed by atoms with Crippen LogP contribution in [0.15, 0.2) is 109 Å². The summed E-state index contributed by atoms with van der Waals surface area (Å²) >= 11 is 0. The normalized spacial score (nSPS) is 10.9. The third-order valence-corrected chi connectivity index (χ3v) is 5.87. The van der Waals surface area contributed by atoms with Crippen LogP contribution in [0.5, 0.6) is 11.5 Å². The molecular weight excluding hydrogens is 406 g/mol. The van der Waals surface area contributed by atoms with Crippen LogP contribution in [0.1, 0.15) is 23.6 Å². The first-order chi connectivity index (χ1) is 16.3. The van der Waals surface area contributed by atoms with Crippen molar-refractivity contribution in [2.24, 2.45) is 0 Å². The Morgan fingerprint density at radius 2 is 1.30 bits per heavy atom. The molecule has 0 atom stereocenters. The number of ether oxygens (including phenoxy) is 2. The molecule has 2 heterocycles. The summed E-state index contributed by atoms with van der Waals surface area (Å²) in [4.78, 5) is 0. The van der Waals surface area contributed by atoms with Crippen molar-refractivity contribution >= 4 is 5.52 Å². The van der Waals surface area contributed by atoms with Gasteiger partial charge in [0.1, 0.15) is 24.7 Å². The molecule has 0 aliphatic rings. The van der Waals surface area contributed by atoms with Gasteiger partial charge in [0.2, 0.25) is 0 Å². The van der Waals surface area contributed by atoms with Gasteiger partial charge < -0.3 is 13.9 Å². The third-order valence-electron chi connectivity index (χ3n) is 5.87. The fraction of sp³-hybridized carbons (Fsp3) is 0.133. The standard InChI is InChI=1S/C30H27NO2/c1-2-27-28(25-15-17-26(18-16-25)32-21-23-10-5-3-6-11-23)20-31-19-9-14-29(30(27)31)33-22-24-12-7-4-8-13-24/h3-20H,2,21-22H2,1H3. The number of rotatable bonds is 8. The average Bonchev–Trinajstić information content (AvgIpc) is 3.27. The second-order valence-electron chi connectivity index (χ2n) is 8.08. The minimum atomic E-state index is 0.553. The summed E-state index contributed by atoms with van der Waals surface area (Å²) < 4.78 is 14.4. The second kappa shape index (κ2) is 9.66. The largest absolute Gasteiger partial charge is 0.489 e. The highest BCUT2D eigenvalue weighted by molar-refractivity contribution is 5.80. The Hall–Kier alpha value is -3.98. The highest BCUT2D eigenvalue weighted by atomic mass is 16.5. The van der Waals surface area contributed by atoms with E-state index in [1.165, 1.54) is 16.7 Å². The Kier molecular flexibility index (Phi) is 6.12. The van der Waals surface area contributed by atoms with Crippen molar-refractivity contribution in [3.63, 3.8) is 0 Å². The summed E-state index contributed by atoms with van der Waals surface area (Å²) in [5.41, 5.74) is 7.15. The van der Waals surface area contributed by atoms with E-state index in [0.29, 0.717) is 13.2 Å². The molecule has 0 fully saturated rings. The lowest BCUT2D eigenvalue weighted by atomic mass is 10.0. The summed E-state index contributed by atoms with van der Waals surface area (Å²) in [6.45, 7) is 3.32. The summed E-state index contributed by atoms with van der Waals surface area (Å²) in [5, 5.41) is 0. The zero-order valence-electron chi connectivity index (χ0n) is 18.8. The molecule has 3 heteroatoms. The molecule has 0 radical (unpaired) electrons. The van der Waals surface area contributed by atoms with E-state index in [1.54, 1.807) is 0 Å². The van der Waals surface area contributed by atoms with Gasteiger partial charge in [-0.3, -0.25) is 0 Å². The molecule has 5 aromatic rings. The van der Waals surface area contributed by atoms with Gasteiger partial charge in [-0.05, 0) is 52.9 Å². The topological polar surface area (TPSA) is 22.9 Å². The van der Waals surface area contributed by atoms with Crippen molar-refractivity contribution in [1.29, 1.82) is 0 Å². The zero-order valence-corrected chi connectivity index (χ0v) is 18.8. The average molecular weight is 434 g/mol. The summed E-state index contributed by atoms with van der Waals surface area (Å²) in [6.07, 6.45) is 5.21. The molecule has 0 bridgehead atoms. The molecule has 164 valence electrons. The summed E-state index contributed by atoms with van der Waals surface area (Å²) in [7, 11) is 0. The molecule has 0 saturated heterocycles. The quantitative estimate of drug-likeness (QED) is 0.256. The number of pyridine rings is 1. The van der Waals surface area contributed by atoms with Crippen molar-refractivity contribution in [3.8, 4) is 22.6 Å². The second-order valence-corrected chi connectivity index (χ2v) is 8.08. The maximum atomic E-state index is 6.25. The van der Waals surface area contributed by atoms with Crippen LogP contribution >= 0.6 is 0 Å². The SMILES string of the molecule is CCc1c(-c2ccc(OCc3ccccc3)cc2)cn2cccc(OCc3ccccc3)c12. The van der Waals surface area contributed by atoms with Crippen LogP contribution in [-0.4, -0.2) is 4.40 Å². The summed E-state index contributed by atoms with van der Waals surface area (Å²) in [5.74, 6) is 1.78. The lowest BCUT2D eigenvalue weighted by Crippen LogP contribution is -1.98. The van der Waals surface area contributed by atoms with Gasteiger partial charge in [-0.2, -0.15) is 0 Å². The van der Waals surface area contributed by atoms with Crippen LogP contribution in [0, 0.1) is 0 Å². The van der Waals surface area contributed by atoms with E-state index in [-0.39, 0.29) is 0 Å². The van der Waals surface area contributed by atoms with Gasteiger partial charge in [-0.25, -0.2) is 0 Å². The first-order valence-electron chi connectivity index (χ1n) is 11.4. The maximum absolute atomic E-state index is 6.25. The van der Waals surface area contributed by atoms with E-state index in [9.17, 15) is 0 Å². The minimum Gasteiger partial charge on any atom is -0.489 e. The molecular formula is C30H27NO2. The number of hydrogen-bond acceptors (Lipinski definition) is 2. The molecule has 0 N–H and O–H groups in total. The van der Waals surface area contributed by atoms with Gasteiger partial charge in [0.25, 0.3) is 0 Å². The Bertz CT molecular complexity index is 1320. The number of aromatic nitrogens is 1. The van der Waals surface area contributed by atoms with Crippen molar-refractivity contribution in [3.05, 3.63) is 126 Å². The van der Waals surface area contributed by atoms with Crippen LogP contribution in [0.3, 0.4) is 0 Å². The minimum absolute atomic E-state index is 0.553. The van der Waals surface area contributed by atoms with Crippen LogP contribution in [0.2, 0.25) is 0 Å². The highest BCUT2D eigenvalue weighted by Crippen LogP contribution is 2.35. The van der Waals surface area contributed by atoms with Crippen molar-refractivity contribution in [1.82, 2.24) is 4.40 Å². The molecule has 0 spiro atoms. The van der Waals surface area contributed by atoms with Gasteiger partial charge in [0.05, 0.1) is 5.52 Å². The predicted molar refractivity (Wildman–Crippen MR) is 134 cm³/mol. The Balaban J connectivity index is 1.40. The van der Waals surface area contributed by atoms with Crippen LogP contribution in [0.25, 0.3) is 16.6 Å². The van der Waals surface area contributed by atoms with E-state index in [2.05, 4.69) is 66.2 Å². The number of nitrogens with zero attached hydrogens (tertiary/aromatic N) is 1. The van der Waals surface area contributed by atoms with Gasteiger partial charge >= 0.3 is 0 Å². The van der Waals surface area contributed by atoms with E-state index in [0.717, 1.165) is 34.6 Å². The Morgan fingerprint density at radius 1 is 0.667 bits per heavy atom. The maximum Gasteiger partial charge on any atom is 0.144 e. The lowest BCUT2D eigenvalue weighted by molar-refractivity contribution is 0.306. The van der Waals surface area contributed by atoms with E-state index < -0.39 is 0 Å². The first kappa shape index (κ1) is 20.9. The van der Waals surface area contributed by atoms with Crippen LogP contribution in [-0.2, 0) is 19.6 Å². The third kappa shape index (κ3) is 4.63. The van der Waals surface area contributed by atoms with Crippen molar-refractivity contribution in [2.75, 3.05) is 0 Å². The lowest BCUT2D eigenvalue weighted by Gasteiger charge is -2.10.